The normalized spacial score (nSPS) is 13.8. The lowest BCUT2D eigenvalue weighted by atomic mass is 9.85. The van der Waals surface area contributed by atoms with Crippen molar-refractivity contribution in [2.45, 2.75) is 46.7 Å². The van der Waals surface area contributed by atoms with Crippen LogP contribution in [0, 0.1) is 12.3 Å². The molecule has 0 saturated heterocycles. The molecule has 0 amide bonds. The Bertz CT molecular complexity index is 568. The molecule has 0 aliphatic carbocycles. The first-order valence-electron chi connectivity index (χ1n) is 7.73. The molecule has 0 bridgehead atoms. The number of aliphatic hydroxyl groups is 1. The number of rotatable bonds is 5. The van der Waals surface area contributed by atoms with Crippen LogP contribution in [0.5, 0.6) is 0 Å². The fraction of sp³-hybridized carbons (Fsp3) is 0.556. The first-order chi connectivity index (χ1) is 9.86. The molecule has 0 aliphatic heterocycles. The molecule has 0 fully saturated rings. The topological polar surface area (TPSA) is 37.2 Å². The summed E-state index contributed by atoms with van der Waals surface area (Å²) in [6.07, 6.45) is 0.784. The standard InChI is InChI=1S/C18H28N2O/c1-13-14-8-6-7-9-15(14)20(5)16(13)12-19-17(10-11-21)18(2,3)4/h6-9,17,19,21H,10-12H2,1-5H3. The molecule has 1 aromatic carbocycles. The van der Waals surface area contributed by atoms with E-state index in [2.05, 4.69) is 68.9 Å². The van der Waals surface area contributed by atoms with E-state index in [1.165, 1.54) is 22.2 Å². The first kappa shape index (κ1) is 16.1. The molecule has 0 aliphatic rings. The van der Waals surface area contributed by atoms with Crippen LogP contribution >= 0.6 is 0 Å². The number of aromatic nitrogens is 1. The van der Waals surface area contributed by atoms with E-state index in [4.69, 9.17) is 0 Å². The SMILES string of the molecule is Cc1c(CNC(CCO)C(C)(C)C)n(C)c2ccccc12. The zero-order chi connectivity index (χ0) is 15.6. The Morgan fingerprint density at radius 3 is 2.48 bits per heavy atom. The summed E-state index contributed by atoms with van der Waals surface area (Å²) in [5, 5.41) is 14.2. The zero-order valence-corrected chi connectivity index (χ0v) is 13.9. The van der Waals surface area contributed by atoms with Crippen molar-refractivity contribution in [2.75, 3.05) is 6.61 Å². The van der Waals surface area contributed by atoms with Gasteiger partial charge >= 0.3 is 0 Å². The summed E-state index contributed by atoms with van der Waals surface area (Å²) in [6.45, 7) is 9.90. The minimum atomic E-state index is 0.140. The average molecular weight is 288 g/mol. The van der Waals surface area contributed by atoms with Gasteiger partial charge in [0.1, 0.15) is 0 Å². The highest BCUT2D eigenvalue weighted by Gasteiger charge is 2.24. The number of hydrogen-bond donors (Lipinski definition) is 2. The van der Waals surface area contributed by atoms with E-state index in [0.29, 0.717) is 6.04 Å². The van der Waals surface area contributed by atoms with E-state index >= 15 is 0 Å². The molecule has 21 heavy (non-hydrogen) atoms. The lowest BCUT2D eigenvalue weighted by Gasteiger charge is -2.31. The van der Waals surface area contributed by atoms with Crippen molar-refractivity contribution in [3.63, 3.8) is 0 Å². The van der Waals surface area contributed by atoms with Crippen molar-refractivity contribution in [3.05, 3.63) is 35.5 Å². The molecule has 3 heteroatoms. The van der Waals surface area contributed by atoms with Crippen molar-refractivity contribution in [1.29, 1.82) is 0 Å². The van der Waals surface area contributed by atoms with E-state index < -0.39 is 0 Å². The van der Waals surface area contributed by atoms with Gasteiger partial charge in [-0.1, -0.05) is 39.0 Å². The van der Waals surface area contributed by atoms with Crippen LogP contribution in [-0.4, -0.2) is 22.3 Å². The van der Waals surface area contributed by atoms with Gasteiger partial charge in [0.15, 0.2) is 0 Å². The average Bonchev–Trinajstić information content (AvgIpc) is 2.67. The van der Waals surface area contributed by atoms with Gasteiger partial charge < -0.3 is 15.0 Å². The molecule has 1 atom stereocenters. The fourth-order valence-corrected chi connectivity index (χ4v) is 3.08. The van der Waals surface area contributed by atoms with Crippen LogP contribution in [-0.2, 0) is 13.6 Å². The maximum atomic E-state index is 9.28. The largest absolute Gasteiger partial charge is 0.396 e. The predicted molar refractivity (Wildman–Crippen MR) is 89.4 cm³/mol. The number of para-hydroxylation sites is 1. The lowest BCUT2D eigenvalue weighted by Crippen LogP contribution is -2.41. The lowest BCUT2D eigenvalue weighted by molar-refractivity contribution is 0.196. The molecule has 1 unspecified atom stereocenters. The maximum absolute atomic E-state index is 9.28. The number of aryl methyl sites for hydroxylation is 2. The van der Waals surface area contributed by atoms with Crippen molar-refractivity contribution >= 4 is 10.9 Å². The van der Waals surface area contributed by atoms with Crippen LogP contribution in [0.15, 0.2) is 24.3 Å². The van der Waals surface area contributed by atoms with E-state index in [0.717, 1.165) is 13.0 Å². The zero-order valence-electron chi connectivity index (χ0n) is 13.9. The number of nitrogens with zero attached hydrogens (tertiary/aromatic N) is 1. The summed E-state index contributed by atoms with van der Waals surface area (Å²) < 4.78 is 2.27. The third-order valence-corrected chi connectivity index (χ3v) is 4.49. The van der Waals surface area contributed by atoms with Gasteiger partial charge in [-0.2, -0.15) is 0 Å². The van der Waals surface area contributed by atoms with Crippen LogP contribution in [0.1, 0.15) is 38.4 Å². The smallest absolute Gasteiger partial charge is 0.0483 e. The monoisotopic (exact) mass is 288 g/mol. The molecule has 2 aromatic rings. The highest BCUT2D eigenvalue weighted by molar-refractivity contribution is 5.85. The molecule has 2 N–H and O–H groups in total. The third kappa shape index (κ3) is 3.30. The first-order valence-corrected chi connectivity index (χ1v) is 7.73. The molecule has 2 rings (SSSR count). The van der Waals surface area contributed by atoms with Gasteiger partial charge in [0.2, 0.25) is 0 Å². The number of fused-ring (bicyclic) bond motifs is 1. The number of aliphatic hydroxyl groups excluding tert-OH is 1. The molecular weight excluding hydrogens is 260 g/mol. The van der Waals surface area contributed by atoms with Crippen LogP contribution in [0.25, 0.3) is 10.9 Å². The second-order valence-corrected chi connectivity index (χ2v) is 6.96. The molecule has 0 saturated carbocycles. The second kappa shape index (κ2) is 6.20. The molecule has 0 radical (unpaired) electrons. The van der Waals surface area contributed by atoms with E-state index in [-0.39, 0.29) is 12.0 Å². The van der Waals surface area contributed by atoms with Gasteiger partial charge in [-0.25, -0.2) is 0 Å². The number of hydrogen-bond acceptors (Lipinski definition) is 2. The van der Waals surface area contributed by atoms with Crippen LogP contribution in [0.4, 0.5) is 0 Å². The maximum Gasteiger partial charge on any atom is 0.0483 e. The Balaban J connectivity index is 2.24. The quantitative estimate of drug-likeness (QED) is 0.885. The van der Waals surface area contributed by atoms with Crippen LogP contribution in [0.3, 0.4) is 0 Å². The van der Waals surface area contributed by atoms with Gasteiger partial charge in [-0.05, 0) is 30.4 Å². The molecule has 0 spiro atoms. The van der Waals surface area contributed by atoms with Gasteiger partial charge in [0.25, 0.3) is 0 Å². The van der Waals surface area contributed by atoms with E-state index in [1.807, 2.05) is 0 Å². The second-order valence-electron chi connectivity index (χ2n) is 6.96. The summed E-state index contributed by atoms with van der Waals surface area (Å²) in [5.74, 6) is 0. The summed E-state index contributed by atoms with van der Waals surface area (Å²) in [4.78, 5) is 0. The van der Waals surface area contributed by atoms with Crippen LogP contribution in [0.2, 0.25) is 0 Å². The minimum absolute atomic E-state index is 0.140. The summed E-state index contributed by atoms with van der Waals surface area (Å²) in [6, 6.07) is 8.84. The van der Waals surface area contributed by atoms with Crippen molar-refractivity contribution in [3.8, 4) is 0 Å². The molecule has 116 valence electrons. The number of benzene rings is 1. The van der Waals surface area contributed by atoms with Crippen molar-refractivity contribution < 1.29 is 5.11 Å². The molecule has 3 nitrogen and oxygen atoms in total. The fourth-order valence-electron chi connectivity index (χ4n) is 3.08. The summed E-state index contributed by atoms with van der Waals surface area (Å²) >= 11 is 0. The van der Waals surface area contributed by atoms with Crippen molar-refractivity contribution in [1.82, 2.24) is 9.88 Å². The van der Waals surface area contributed by atoms with Gasteiger partial charge in [0, 0.05) is 42.8 Å². The highest BCUT2D eigenvalue weighted by Crippen LogP contribution is 2.26. The molecular formula is C18H28N2O. The van der Waals surface area contributed by atoms with Crippen molar-refractivity contribution in [2.24, 2.45) is 12.5 Å². The summed E-state index contributed by atoms with van der Waals surface area (Å²) in [7, 11) is 2.13. The highest BCUT2D eigenvalue weighted by atomic mass is 16.3. The Hall–Kier alpha value is -1.32. The number of nitrogens with one attached hydrogen (secondary N) is 1. The Labute approximate surface area is 128 Å². The Kier molecular flexibility index (Phi) is 4.74. The predicted octanol–water partition coefficient (Wildman–Crippen LogP) is 3.37. The summed E-state index contributed by atoms with van der Waals surface area (Å²) in [5.41, 5.74) is 4.09. The molecule has 1 aromatic heterocycles. The van der Waals surface area contributed by atoms with Gasteiger partial charge in [-0.3, -0.25) is 0 Å². The van der Waals surface area contributed by atoms with E-state index in [1.54, 1.807) is 0 Å². The molecule has 1 heterocycles. The van der Waals surface area contributed by atoms with Crippen LogP contribution < -0.4 is 5.32 Å². The van der Waals surface area contributed by atoms with Gasteiger partial charge in [-0.15, -0.1) is 0 Å². The van der Waals surface area contributed by atoms with E-state index in [9.17, 15) is 5.11 Å². The Morgan fingerprint density at radius 2 is 1.90 bits per heavy atom. The minimum Gasteiger partial charge on any atom is -0.396 e. The third-order valence-electron chi connectivity index (χ3n) is 4.49. The van der Waals surface area contributed by atoms with Gasteiger partial charge in [0.05, 0.1) is 0 Å². The Morgan fingerprint density at radius 1 is 1.24 bits per heavy atom.